The Morgan fingerprint density at radius 2 is 1.76 bits per heavy atom. The van der Waals surface area contributed by atoms with Crippen molar-refractivity contribution in [2.24, 2.45) is 0 Å². The van der Waals surface area contributed by atoms with Gasteiger partial charge in [-0.2, -0.15) is 0 Å². The number of hydrogen-bond donors (Lipinski definition) is 1. The summed E-state index contributed by atoms with van der Waals surface area (Å²) in [6.45, 7) is 0.219. The van der Waals surface area contributed by atoms with E-state index in [9.17, 15) is 14.4 Å². The van der Waals surface area contributed by atoms with Crippen molar-refractivity contribution in [3.05, 3.63) is 86.7 Å². The molecule has 0 atom stereocenters. The van der Waals surface area contributed by atoms with E-state index in [2.05, 4.69) is 10.3 Å². The van der Waals surface area contributed by atoms with Gasteiger partial charge in [-0.1, -0.05) is 12.1 Å². The third kappa shape index (κ3) is 4.90. The Morgan fingerprint density at radius 3 is 2.58 bits per heavy atom. The minimum atomic E-state index is -0.589. The number of nitrogens with one attached hydrogen (secondary N) is 1. The number of benzene rings is 2. The first-order valence-corrected chi connectivity index (χ1v) is 11.9. The van der Waals surface area contributed by atoms with Crippen molar-refractivity contribution in [2.75, 3.05) is 21.0 Å². The molecule has 38 heavy (non-hydrogen) atoms. The lowest BCUT2D eigenvalue weighted by Gasteiger charge is -2.14. The molecule has 2 aromatic carbocycles. The second-order valence-corrected chi connectivity index (χ2v) is 8.60. The van der Waals surface area contributed by atoms with E-state index in [0.29, 0.717) is 34.9 Å². The third-order valence-electron chi connectivity index (χ3n) is 6.29. The highest BCUT2D eigenvalue weighted by Crippen LogP contribution is 2.32. The molecule has 0 spiro atoms. The first kappa shape index (κ1) is 24.9. The molecule has 1 N–H and O–H groups in total. The van der Waals surface area contributed by atoms with Crippen LogP contribution in [0.1, 0.15) is 11.1 Å². The summed E-state index contributed by atoms with van der Waals surface area (Å²) >= 11 is 0. The van der Waals surface area contributed by atoms with Crippen LogP contribution in [0.5, 0.6) is 23.0 Å². The van der Waals surface area contributed by atoms with Crippen molar-refractivity contribution >= 4 is 16.9 Å². The fraction of sp³-hybridized carbons (Fsp3) is 0.259. The summed E-state index contributed by atoms with van der Waals surface area (Å²) in [5.74, 6) is 2.01. The highest BCUT2D eigenvalue weighted by Gasteiger charge is 2.17. The molecule has 1 aliphatic rings. The van der Waals surface area contributed by atoms with Gasteiger partial charge in [-0.05, 0) is 53.9 Å². The van der Waals surface area contributed by atoms with Gasteiger partial charge in [-0.3, -0.25) is 18.7 Å². The molecule has 0 saturated carbocycles. The number of fused-ring (bicyclic) bond motifs is 2. The van der Waals surface area contributed by atoms with E-state index in [1.807, 2.05) is 12.1 Å². The minimum absolute atomic E-state index is 0.0957. The van der Waals surface area contributed by atoms with Crippen molar-refractivity contribution in [3.8, 4) is 23.0 Å². The average Bonchev–Trinajstić information content (AvgIpc) is 3.42. The van der Waals surface area contributed by atoms with Crippen molar-refractivity contribution in [2.45, 2.75) is 26.1 Å². The molecule has 11 heteroatoms. The van der Waals surface area contributed by atoms with Crippen LogP contribution in [0.2, 0.25) is 0 Å². The van der Waals surface area contributed by atoms with Crippen molar-refractivity contribution in [1.29, 1.82) is 0 Å². The number of amides is 1. The number of nitrogens with zero attached hydrogens (tertiary/aromatic N) is 3. The van der Waals surface area contributed by atoms with Crippen molar-refractivity contribution < 1.29 is 23.7 Å². The normalized spacial score (nSPS) is 11.9. The maximum Gasteiger partial charge on any atom is 0.332 e. The van der Waals surface area contributed by atoms with Crippen LogP contribution in [0, 0.1) is 0 Å². The number of carbonyl (C=O) groups is 1. The molecule has 196 valence electrons. The molecule has 3 heterocycles. The average molecular weight is 519 g/mol. The summed E-state index contributed by atoms with van der Waals surface area (Å²) in [6.07, 6.45) is 1.86. The smallest absolute Gasteiger partial charge is 0.332 e. The number of pyridine rings is 1. The molecule has 2 aromatic heterocycles. The largest absolute Gasteiger partial charge is 0.493 e. The number of aromatic nitrogens is 3. The fourth-order valence-electron chi connectivity index (χ4n) is 4.32. The lowest BCUT2D eigenvalue weighted by Crippen LogP contribution is -2.43. The third-order valence-corrected chi connectivity index (χ3v) is 6.29. The summed E-state index contributed by atoms with van der Waals surface area (Å²) in [6, 6.07) is 14.0. The van der Waals surface area contributed by atoms with E-state index in [0.717, 1.165) is 15.7 Å². The Labute approximate surface area is 217 Å². The molecular formula is C27H26N4O7. The number of aryl methyl sites for hydroxylation is 1. The summed E-state index contributed by atoms with van der Waals surface area (Å²) in [4.78, 5) is 43.6. The van der Waals surface area contributed by atoms with Gasteiger partial charge in [0.15, 0.2) is 28.5 Å². The molecule has 11 nitrogen and oxygen atoms in total. The molecule has 1 amide bonds. The zero-order valence-electron chi connectivity index (χ0n) is 20.9. The summed E-state index contributed by atoms with van der Waals surface area (Å²) < 4.78 is 23.7. The first-order valence-electron chi connectivity index (χ1n) is 11.9. The van der Waals surface area contributed by atoms with Gasteiger partial charge in [0.1, 0.15) is 6.54 Å². The molecule has 5 rings (SSSR count). The minimum Gasteiger partial charge on any atom is -0.493 e. The van der Waals surface area contributed by atoms with Gasteiger partial charge in [-0.25, -0.2) is 9.78 Å². The lowest BCUT2D eigenvalue weighted by atomic mass is 10.1. The predicted molar refractivity (Wildman–Crippen MR) is 138 cm³/mol. The predicted octanol–water partition coefficient (Wildman–Crippen LogP) is 1.86. The molecule has 1 aliphatic heterocycles. The molecular weight excluding hydrogens is 492 g/mol. The van der Waals surface area contributed by atoms with Crippen LogP contribution in [0.4, 0.5) is 0 Å². The second kappa shape index (κ2) is 10.7. The van der Waals surface area contributed by atoms with E-state index in [1.54, 1.807) is 43.5 Å². The number of methoxy groups -OCH3 is 2. The van der Waals surface area contributed by atoms with E-state index in [-0.39, 0.29) is 37.9 Å². The standard InChI is InChI=1S/C27H26N4O7/c1-35-20-7-5-17(12-22(20)36-2)9-11-30-26(33)25-19(4-3-10-28-25)31(27(30)34)15-24(32)29-14-18-6-8-21-23(13-18)38-16-37-21/h3-8,10,12-13H,9,11,14-16H2,1-2H3,(H,29,32). The van der Waals surface area contributed by atoms with Gasteiger partial charge in [-0.15, -0.1) is 0 Å². The van der Waals surface area contributed by atoms with Gasteiger partial charge in [0, 0.05) is 19.3 Å². The summed E-state index contributed by atoms with van der Waals surface area (Å²) in [5, 5.41) is 2.82. The van der Waals surface area contributed by atoms with Gasteiger partial charge in [0.05, 0.1) is 19.7 Å². The number of rotatable bonds is 9. The zero-order valence-corrected chi connectivity index (χ0v) is 20.9. The highest BCUT2D eigenvalue weighted by atomic mass is 16.7. The van der Waals surface area contributed by atoms with E-state index in [4.69, 9.17) is 18.9 Å². The summed E-state index contributed by atoms with van der Waals surface area (Å²) in [5.41, 5.74) is 0.979. The molecule has 0 aliphatic carbocycles. The second-order valence-electron chi connectivity index (χ2n) is 8.60. The number of carbonyl (C=O) groups excluding carboxylic acids is 1. The molecule has 0 bridgehead atoms. The van der Waals surface area contributed by atoms with Crippen LogP contribution in [-0.4, -0.2) is 41.0 Å². The lowest BCUT2D eigenvalue weighted by molar-refractivity contribution is -0.121. The number of hydrogen-bond acceptors (Lipinski definition) is 8. The van der Waals surface area contributed by atoms with Gasteiger partial charge in [0.2, 0.25) is 12.7 Å². The maximum atomic E-state index is 13.4. The molecule has 0 radical (unpaired) electrons. The molecule has 0 unspecified atom stereocenters. The zero-order chi connectivity index (χ0) is 26.6. The fourth-order valence-corrected chi connectivity index (χ4v) is 4.32. The van der Waals surface area contributed by atoms with Gasteiger partial charge < -0.3 is 24.3 Å². The Kier molecular flexibility index (Phi) is 6.98. The van der Waals surface area contributed by atoms with Crippen LogP contribution in [0.3, 0.4) is 0 Å². The Hall–Kier alpha value is -4.80. The van der Waals surface area contributed by atoms with Crippen LogP contribution in [-0.2, 0) is 30.8 Å². The maximum absolute atomic E-state index is 13.4. The van der Waals surface area contributed by atoms with Crippen molar-refractivity contribution in [1.82, 2.24) is 19.4 Å². The van der Waals surface area contributed by atoms with Crippen LogP contribution in [0.15, 0.2) is 64.3 Å². The molecule has 0 saturated heterocycles. The first-order chi connectivity index (χ1) is 18.5. The quantitative estimate of drug-likeness (QED) is 0.356. The van der Waals surface area contributed by atoms with E-state index < -0.39 is 11.2 Å². The Balaban J connectivity index is 1.38. The Morgan fingerprint density at radius 1 is 0.974 bits per heavy atom. The SMILES string of the molecule is COc1ccc(CCn2c(=O)c3ncccc3n(CC(=O)NCc3ccc4c(c3)OCO4)c2=O)cc1OC. The van der Waals surface area contributed by atoms with E-state index >= 15 is 0 Å². The van der Waals surface area contributed by atoms with Gasteiger partial charge in [0.25, 0.3) is 5.56 Å². The topological polar surface area (TPSA) is 123 Å². The monoisotopic (exact) mass is 518 g/mol. The van der Waals surface area contributed by atoms with Crippen molar-refractivity contribution in [3.63, 3.8) is 0 Å². The molecule has 4 aromatic rings. The van der Waals surface area contributed by atoms with Gasteiger partial charge >= 0.3 is 5.69 Å². The van der Waals surface area contributed by atoms with E-state index in [1.165, 1.54) is 17.9 Å². The van der Waals surface area contributed by atoms with Crippen LogP contribution < -0.4 is 35.5 Å². The van der Waals surface area contributed by atoms with Crippen LogP contribution >= 0.6 is 0 Å². The highest BCUT2D eigenvalue weighted by molar-refractivity contribution is 5.79. The Bertz CT molecular complexity index is 1630. The van der Waals surface area contributed by atoms with Crippen LogP contribution in [0.25, 0.3) is 11.0 Å². The molecule has 0 fully saturated rings. The summed E-state index contributed by atoms with van der Waals surface area (Å²) in [7, 11) is 3.09. The number of ether oxygens (including phenoxy) is 4.